The Hall–Kier alpha value is -2.90. The average molecular weight is 386 g/mol. The van der Waals surface area contributed by atoms with Crippen LogP contribution in [0.5, 0.6) is 5.75 Å². The first kappa shape index (κ1) is 19.9. The molecule has 0 unspecified atom stereocenters. The second-order valence-corrected chi connectivity index (χ2v) is 6.73. The summed E-state index contributed by atoms with van der Waals surface area (Å²) in [5, 5.41) is 9.40. The molecule has 0 radical (unpaired) electrons. The lowest BCUT2D eigenvalue weighted by Crippen LogP contribution is -2.35. The molecule has 2 aromatic rings. The maximum absolute atomic E-state index is 12.3. The zero-order valence-electron chi connectivity index (χ0n) is 16.1. The van der Waals surface area contributed by atoms with Gasteiger partial charge in [-0.1, -0.05) is 36.6 Å². The van der Waals surface area contributed by atoms with E-state index in [4.69, 9.17) is 9.26 Å². The molecule has 150 valence electrons. The molecule has 1 aliphatic carbocycles. The number of ether oxygens (including phenoxy) is 1. The number of carbonyl (C=O) groups is 2. The molecule has 8 nitrogen and oxygen atoms in total. The lowest BCUT2D eigenvalue weighted by atomic mass is 9.89. The van der Waals surface area contributed by atoms with Crippen LogP contribution in [0.1, 0.15) is 71.8 Å². The van der Waals surface area contributed by atoms with Gasteiger partial charge in [0.15, 0.2) is 5.82 Å². The van der Waals surface area contributed by atoms with E-state index in [1.807, 2.05) is 13.0 Å². The quantitative estimate of drug-likeness (QED) is 0.676. The number of carbonyl (C=O) groups excluding carboxylic acids is 2. The normalized spacial score (nSPS) is 14.5. The number of nitrogens with zero attached hydrogens (tertiary/aromatic N) is 2. The van der Waals surface area contributed by atoms with Gasteiger partial charge < -0.3 is 19.9 Å². The molecule has 1 aromatic carbocycles. The summed E-state index contributed by atoms with van der Waals surface area (Å²) in [6.07, 6.45) is 5.63. The van der Waals surface area contributed by atoms with E-state index in [-0.39, 0.29) is 30.8 Å². The summed E-state index contributed by atoms with van der Waals surface area (Å²) in [4.78, 5) is 28.7. The Morgan fingerprint density at radius 1 is 1.11 bits per heavy atom. The smallest absolute Gasteiger partial charge is 0.315 e. The number of hydrogen-bond donors (Lipinski definition) is 2. The molecular formula is C20H26N4O4. The third-order valence-corrected chi connectivity index (χ3v) is 4.73. The van der Waals surface area contributed by atoms with Crippen LogP contribution in [-0.4, -0.2) is 41.7 Å². The number of amides is 2. The van der Waals surface area contributed by atoms with Gasteiger partial charge in [-0.2, -0.15) is 4.98 Å². The SMILES string of the molecule is CCOc1ccccc1C(=O)NCCNC(=O)c1nc(C2CCCCC2)no1. The van der Waals surface area contributed by atoms with Crippen LogP contribution >= 0.6 is 0 Å². The van der Waals surface area contributed by atoms with Crippen LogP contribution in [0.2, 0.25) is 0 Å². The number of rotatable bonds is 8. The van der Waals surface area contributed by atoms with Crippen molar-refractivity contribution in [2.75, 3.05) is 19.7 Å². The topological polar surface area (TPSA) is 106 Å². The van der Waals surface area contributed by atoms with Crippen molar-refractivity contribution in [1.82, 2.24) is 20.8 Å². The Morgan fingerprint density at radius 3 is 2.57 bits per heavy atom. The van der Waals surface area contributed by atoms with Crippen LogP contribution in [-0.2, 0) is 0 Å². The van der Waals surface area contributed by atoms with E-state index in [0.29, 0.717) is 23.7 Å². The van der Waals surface area contributed by atoms with E-state index in [1.54, 1.807) is 18.2 Å². The minimum absolute atomic E-state index is 0.0337. The number of para-hydroxylation sites is 1. The fourth-order valence-electron chi connectivity index (χ4n) is 3.31. The first-order valence-corrected chi connectivity index (χ1v) is 9.81. The van der Waals surface area contributed by atoms with Gasteiger partial charge in [0, 0.05) is 19.0 Å². The van der Waals surface area contributed by atoms with E-state index in [0.717, 1.165) is 25.7 Å². The molecular weight excluding hydrogens is 360 g/mol. The molecule has 1 fully saturated rings. The highest BCUT2D eigenvalue weighted by atomic mass is 16.5. The van der Waals surface area contributed by atoms with E-state index in [1.165, 1.54) is 6.42 Å². The Bertz CT molecular complexity index is 799. The van der Waals surface area contributed by atoms with Gasteiger partial charge >= 0.3 is 11.8 Å². The molecule has 2 amide bonds. The van der Waals surface area contributed by atoms with Crippen LogP contribution in [0.15, 0.2) is 28.8 Å². The minimum atomic E-state index is -0.432. The number of hydrogen-bond acceptors (Lipinski definition) is 6. The van der Waals surface area contributed by atoms with Gasteiger partial charge in [-0.25, -0.2) is 0 Å². The van der Waals surface area contributed by atoms with E-state index in [2.05, 4.69) is 20.8 Å². The maximum Gasteiger partial charge on any atom is 0.315 e. The summed E-state index contributed by atoms with van der Waals surface area (Å²) in [7, 11) is 0. The zero-order valence-corrected chi connectivity index (χ0v) is 16.1. The van der Waals surface area contributed by atoms with Crippen LogP contribution < -0.4 is 15.4 Å². The third-order valence-electron chi connectivity index (χ3n) is 4.73. The average Bonchev–Trinajstić information content (AvgIpc) is 3.23. The number of benzene rings is 1. The Labute approximate surface area is 164 Å². The molecule has 0 atom stereocenters. The van der Waals surface area contributed by atoms with Gasteiger partial charge in [0.1, 0.15) is 5.75 Å². The summed E-state index contributed by atoms with van der Waals surface area (Å²) in [6.45, 7) is 2.87. The summed E-state index contributed by atoms with van der Waals surface area (Å²) in [5.41, 5.74) is 0.463. The lowest BCUT2D eigenvalue weighted by molar-refractivity contribution is 0.0897. The van der Waals surface area contributed by atoms with Crippen LogP contribution in [0.4, 0.5) is 0 Å². The minimum Gasteiger partial charge on any atom is -0.493 e. The summed E-state index contributed by atoms with van der Waals surface area (Å²) < 4.78 is 10.5. The fraction of sp³-hybridized carbons (Fsp3) is 0.500. The number of aromatic nitrogens is 2. The number of nitrogens with one attached hydrogen (secondary N) is 2. The summed E-state index contributed by atoms with van der Waals surface area (Å²) in [6, 6.07) is 7.04. The molecule has 0 bridgehead atoms. The van der Waals surface area contributed by atoms with Crippen molar-refractivity contribution in [2.45, 2.75) is 44.9 Å². The highest BCUT2D eigenvalue weighted by molar-refractivity contribution is 5.97. The van der Waals surface area contributed by atoms with Gasteiger partial charge in [0.05, 0.1) is 12.2 Å². The van der Waals surface area contributed by atoms with Crippen molar-refractivity contribution >= 4 is 11.8 Å². The molecule has 3 rings (SSSR count). The van der Waals surface area contributed by atoms with Crippen molar-refractivity contribution in [2.24, 2.45) is 0 Å². The predicted molar refractivity (Wildman–Crippen MR) is 102 cm³/mol. The molecule has 28 heavy (non-hydrogen) atoms. The largest absolute Gasteiger partial charge is 0.493 e. The third kappa shape index (κ3) is 5.09. The van der Waals surface area contributed by atoms with Crippen LogP contribution in [0.25, 0.3) is 0 Å². The van der Waals surface area contributed by atoms with E-state index < -0.39 is 5.91 Å². The standard InChI is InChI=1S/C20H26N4O4/c1-2-27-16-11-7-6-10-15(16)18(25)21-12-13-22-19(26)20-23-17(24-28-20)14-8-4-3-5-9-14/h6-7,10-11,14H,2-5,8-9,12-13H2,1H3,(H,21,25)(H,22,26). The fourth-order valence-corrected chi connectivity index (χ4v) is 3.31. The Balaban J connectivity index is 1.44. The predicted octanol–water partition coefficient (Wildman–Crippen LogP) is 2.68. The summed E-state index contributed by atoms with van der Waals surface area (Å²) in [5.74, 6) is 0.713. The lowest BCUT2D eigenvalue weighted by Gasteiger charge is -2.17. The summed E-state index contributed by atoms with van der Waals surface area (Å²) >= 11 is 0. The first-order valence-electron chi connectivity index (χ1n) is 9.81. The zero-order chi connectivity index (χ0) is 19.8. The van der Waals surface area contributed by atoms with E-state index in [9.17, 15) is 9.59 Å². The van der Waals surface area contributed by atoms with Crippen molar-refractivity contribution in [3.63, 3.8) is 0 Å². The highest BCUT2D eigenvalue weighted by Gasteiger charge is 2.23. The van der Waals surface area contributed by atoms with Crippen molar-refractivity contribution in [1.29, 1.82) is 0 Å². The van der Waals surface area contributed by atoms with Crippen molar-refractivity contribution < 1.29 is 18.8 Å². The van der Waals surface area contributed by atoms with Gasteiger partial charge in [0.25, 0.3) is 5.91 Å². The Kier molecular flexibility index (Phi) is 7.00. The molecule has 8 heteroatoms. The van der Waals surface area contributed by atoms with Gasteiger partial charge in [-0.15, -0.1) is 0 Å². The first-order chi connectivity index (χ1) is 13.7. The van der Waals surface area contributed by atoms with Crippen LogP contribution in [0.3, 0.4) is 0 Å². The molecule has 0 spiro atoms. The molecule has 1 aromatic heterocycles. The molecule has 1 heterocycles. The highest BCUT2D eigenvalue weighted by Crippen LogP contribution is 2.30. The molecule has 0 saturated heterocycles. The monoisotopic (exact) mass is 386 g/mol. The second-order valence-electron chi connectivity index (χ2n) is 6.73. The molecule has 0 aliphatic heterocycles. The van der Waals surface area contributed by atoms with Crippen LogP contribution in [0, 0.1) is 0 Å². The Morgan fingerprint density at radius 2 is 1.82 bits per heavy atom. The maximum atomic E-state index is 12.3. The van der Waals surface area contributed by atoms with Gasteiger partial charge in [-0.05, 0) is 31.9 Å². The van der Waals surface area contributed by atoms with Gasteiger partial charge in [-0.3, -0.25) is 9.59 Å². The molecule has 1 aliphatic rings. The second kappa shape index (κ2) is 9.87. The van der Waals surface area contributed by atoms with E-state index >= 15 is 0 Å². The molecule has 2 N–H and O–H groups in total. The molecule has 1 saturated carbocycles. The van der Waals surface area contributed by atoms with Crippen molar-refractivity contribution in [3.8, 4) is 5.75 Å². The van der Waals surface area contributed by atoms with Gasteiger partial charge in [0.2, 0.25) is 0 Å². The van der Waals surface area contributed by atoms with Crippen molar-refractivity contribution in [3.05, 3.63) is 41.5 Å².